The van der Waals surface area contributed by atoms with Gasteiger partial charge in [-0.25, -0.2) is 9.18 Å². The van der Waals surface area contributed by atoms with Gasteiger partial charge >= 0.3 is 6.03 Å². The van der Waals surface area contributed by atoms with Crippen molar-refractivity contribution >= 4 is 17.7 Å². The summed E-state index contributed by atoms with van der Waals surface area (Å²) in [5, 5.41) is 2.71. The second-order valence-corrected chi connectivity index (χ2v) is 6.22. The first-order chi connectivity index (χ1) is 12.5. The van der Waals surface area contributed by atoms with Crippen LogP contribution < -0.4 is 10.1 Å². The van der Waals surface area contributed by atoms with Crippen LogP contribution in [0, 0.1) is 5.82 Å². The summed E-state index contributed by atoms with van der Waals surface area (Å²) in [6.07, 6.45) is 0.263. The number of carbonyl (C=O) groups excluding carboxylic acids is 3. The second-order valence-electron chi connectivity index (χ2n) is 6.22. The second kappa shape index (κ2) is 5.94. The van der Waals surface area contributed by atoms with Gasteiger partial charge in [0.15, 0.2) is 11.3 Å². The molecule has 1 spiro atoms. The standard InChI is InChI=1S/C19H15FN2O4/c20-14-7-3-1-5-12(14)15(23)11-22-17(24)19(21-18(22)25)9-10-26-16-8-4-2-6-13(16)19/h1-8H,9-11H2,(H,21,25)/t19-/m1/s1. The SMILES string of the molecule is O=C(CN1C(=O)N[C@@]2(CCOc3ccccc32)C1=O)c1ccccc1F. The molecule has 6 nitrogen and oxygen atoms in total. The van der Waals surface area contributed by atoms with Gasteiger partial charge in [-0.1, -0.05) is 30.3 Å². The van der Waals surface area contributed by atoms with E-state index in [1.54, 1.807) is 24.3 Å². The largest absolute Gasteiger partial charge is 0.493 e. The van der Waals surface area contributed by atoms with Gasteiger partial charge in [-0.15, -0.1) is 0 Å². The van der Waals surface area contributed by atoms with E-state index < -0.39 is 35.6 Å². The molecule has 0 unspecified atom stereocenters. The molecule has 1 N–H and O–H groups in total. The number of hydrogen-bond donors (Lipinski definition) is 1. The number of urea groups is 1. The van der Waals surface area contributed by atoms with Crippen molar-refractivity contribution in [1.29, 1.82) is 0 Å². The molecular weight excluding hydrogens is 339 g/mol. The Hall–Kier alpha value is -3.22. The topological polar surface area (TPSA) is 75.7 Å². The highest BCUT2D eigenvalue weighted by Crippen LogP contribution is 2.40. The lowest BCUT2D eigenvalue weighted by Crippen LogP contribution is -2.47. The van der Waals surface area contributed by atoms with Crippen molar-refractivity contribution in [2.75, 3.05) is 13.2 Å². The number of hydrogen-bond acceptors (Lipinski definition) is 4. The van der Waals surface area contributed by atoms with E-state index in [1.165, 1.54) is 18.2 Å². The predicted molar refractivity (Wildman–Crippen MR) is 89.2 cm³/mol. The average Bonchev–Trinajstić information content (AvgIpc) is 2.87. The molecule has 0 bridgehead atoms. The molecule has 2 aromatic rings. The Morgan fingerprint density at radius 3 is 2.69 bits per heavy atom. The number of para-hydroxylation sites is 1. The normalized spacial score (nSPS) is 21.3. The van der Waals surface area contributed by atoms with Gasteiger partial charge in [-0.3, -0.25) is 14.5 Å². The van der Waals surface area contributed by atoms with Crippen LogP contribution in [0.25, 0.3) is 0 Å². The van der Waals surface area contributed by atoms with Crippen molar-refractivity contribution in [2.45, 2.75) is 12.0 Å². The fourth-order valence-electron chi connectivity index (χ4n) is 3.43. The van der Waals surface area contributed by atoms with Crippen LogP contribution in [0.3, 0.4) is 0 Å². The van der Waals surface area contributed by atoms with Gasteiger partial charge < -0.3 is 10.1 Å². The van der Waals surface area contributed by atoms with E-state index in [9.17, 15) is 18.8 Å². The van der Waals surface area contributed by atoms with Gasteiger partial charge in [-0.05, 0) is 18.2 Å². The van der Waals surface area contributed by atoms with Crippen molar-refractivity contribution in [3.05, 3.63) is 65.5 Å². The van der Waals surface area contributed by atoms with E-state index >= 15 is 0 Å². The maximum absolute atomic E-state index is 13.8. The third-order valence-corrected chi connectivity index (χ3v) is 4.73. The van der Waals surface area contributed by atoms with E-state index in [1.807, 2.05) is 0 Å². The third-order valence-electron chi connectivity index (χ3n) is 4.73. The monoisotopic (exact) mass is 354 g/mol. The molecule has 2 aliphatic rings. The number of ketones is 1. The molecule has 2 heterocycles. The highest BCUT2D eigenvalue weighted by molar-refractivity contribution is 6.11. The Balaban J connectivity index is 1.65. The fourth-order valence-corrected chi connectivity index (χ4v) is 3.43. The zero-order valence-corrected chi connectivity index (χ0v) is 13.7. The van der Waals surface area contributed by atoms with Crippen LogP contribution in [0.15, 0.2) is 48.5 Å². The number of rotatable bonds is 3. The molecule has 26 heavy (non-hydrogen) atoms. The molecular formula is C19H15FN2O4. The molecule has 1 saturated heterocycles. The maximum atomic E-state index is 13.8. The number of halogens is 1. The number of fused-ring (bicyclic) bond motifs is 2. The molecule has 2 aromatic carbocycles. The van der Waals surface area contributed by atoms with E-state index in [4.69, 9.17) is 4.74 Å². The minimum Gasteiger partial charge on any atom is -0.493 e. The maximum Gasteiger partial charge on any atom is 0.325 e. The number of amides is 3. The Kier molecular flexibility index (Phi) is 3.72. The summed E-state index contributed by atoms with van der Waals surface area (Å²) in [7, 11) is 0. The molecule has 132 valence electrons. The molecule has 1 fully saturated rings. The third kappa shape index (κ3) is 2.35. The lowest BCUT2D eigenvalue weighted by atomic mass is 9.84. The summed E-state index contributed by atoms with van der Waals surface area (Å²) in [5.74, 6) is -1.32. The minimum atomic E-state index is -1.25. The molecule has 3 amide bonds. The van der Waals surface area contributed by atoms with Crippen LogP contribution in [0.1, 0.15) is 22.3 Å². The summed E-state index contributed by atoms with van der Waals surface area (Å²) in [4.78, 5) is 38.7. The number of Topliss-reactive ketones (excluding diaryl/α,β-unsaturated/α-hetero) is 1. The summed E-state index contributed by atoms with van der Waals surface area (Å²) in [6.45, 7) is -0.255. The molecule has 0 saturated carbocycles. The van der Waals surface area contributed by atoms with E-state index in [0.29, 0.717) is 11.3 Å². The number of nitrogens with zero attached hydrogens (tertiary/aromatic N) is 1. The first-order valence-electron chi connectivity index (χ1n) is 8.17. The number of ether oxygens (including phenoxy) is 1. The van der Waals surface area contributed by atoms with Crippen molar-refractivity contribution < 1.29 is 23.5 Å². The Morgan fingerprint density at radius 1 is 1.15 bits per heavy atom. The minimum absolute atomic E-state index is 0.151. The molecule has 0 aromatic heterocycles. The quantitative estimate of drug-likeness (QED) is 0.678. The Morgan fingerprint density at radius 2 is 1.88 bits per heavy atom. The van der Waals surface area contributed by atoms with Gasteiger partial charge in [0, 0.05) is 12.0 Å². The number of benzene rings is 2. The molecule has 2 aliphatic heterocycles. The molecule has 7 heteroatoms. The lowest BCUT2D eigenvalue weighted by molar-refractivity contribution is -0.132. The van der Waals surface area contributed by atoms with Gasteiger partial charge in [-0.2, -0.15) is 0 Å². The van der Waals surface area contributed by atoms with Crippen LogP contribution in [0.5, 0.6) is 5.75 Å². The highest BCUT2D eigenvalue weighted by Gasteiger charge is 2.55. The van der Waals surface area contributed by atoms with Crippen molar-refractivity contribution in [3.63, 3.8) is 0 Å². The summed E-state index contributed by atoms with van der Waals surface area (Å²) in [5.41, 5.74) is -0.839. The van der Waals surface area contributed by atoms with E-state index in [2.05, 4.69) is 5.32 Å². The first kappa shape index (κ1) is 16.3. The van der Waals surface area contributed by atoms with Gasteiger partial charge in [0.25, 0.3) is 5.91 Å². The smallest absolute Gasteiger partial charge is 0.325 e. The van der Waals surface area contributed by atoms with Crippen LogP contribution in [0.2, 0.25) is 0 Å². The van der Waals surface area contributed by atoms with Gasteiger partial charge in [0.1, 0.15) is 11.6 Å². The fraction of sp³-hybridized carbons (Fsp3) is 0.211. The zero-order valence-electron chi connectivity index (χ0n) is 13.7. The van der Waals surface area contributed by atoms with Crippen LogP contribution in [-0.2, 0) is 10.3 Å². The van der Waals surface area contributed by atoms with Gasteiger partial charge in [0.05, 0.1) is 18.7 Å². The molecule has 1 atom stereocenters. The number of nitrogens with one attached hydrogen (secondary N) is 1. The van der Waals surface area contributed by atoms with E-state index in [0.717, 1.165) is 11.0 Å². The number of imide groups is 1. The summed E-state index contributed by atoms with van der Waals surface area (Å²) in [6, 6.07) is 11.8. The highest BCUT2D eigenvalue weighted by atomic mass is 19.1. The number of carbonyl (C=O) groups is 3. The van der Waals surface area contributed by atoms with Crippen LogP contribution in [0.4, 0.5) is 9.18 Å². The first-order valence-corrected chi connectivity index (χ1v) is 8.17. The average molecular weight is 354 g/mol. The molecule has 0 aliphatic carbocycles. The Labute approximate surface area is 148 Å². The van der Waals surface area contributed by atoms with Crippen LogP contribution in [-0.4, -0.2) is 35.8 Å². The van der Waals surface area contributed by atoms with E-state index in [-0.39, 0.29) is 18.6 Å². The summed E-state index contributed by atoms with van der Waals surface area (Å²) < 4.78 is 19.4. The molecule has 0 radical (unpaired) electrons. The Bertz CT molecular complexity index is 929. The predicted octanol–water partition coefficient (Wildman–Crippen LogP) is 2.24. The van der Waals surface area contributed by atoms with Crippen molar-refractivity contribution in [2.24, 2.45) is 0 Å². The van der Waals surface area contributed by atoms with Crippen molar-refractivity contribution in [3.8, 4) is 5.75 Å². The molecule has 4 rings (SSSR count). The lowest BCUT2D eigenvalue weighted by Gasteiger charge is -2.33. The van der Waals surface area contributed by atoms with Crippen molar-refractivity contribution in [1.82, 2.24) is 10.2 Å². The van der Waals surface area contributed by atoms with Gasteiger partial charge in [0.2, 0.25) is 0 Å². The zero-order chi connectivity index (χ0) is 18.3. The summed E-state index contributed by atoms with van der Waals surface area (Å²) >= 11 is 0. The van der Waals surface area contributed by atoms with Crippen LogP contribution >= 0.6 is 0 Å².